The van der Waals surface area contributed by atoms with Crippen LogP contribution in [0.2, 0.25) is 0 Å². The first-order valence-electron chi connectivity index (χ1n) is 8.64. The van der Waals surface area contributed by atoms with Gasteiger partial charge in [0.2, 0.25) is 0 Å². The summed E-state index contributed by atoms with van der Waals surface area (Å²) in [5.41, 5.74) is 1.42. The Balaban J connectivity index is 1.47. The fraction of sp³-hybridized carbons (Fsp3) is 0.632. The summed E-state index contributed by atoms with van der Waals surface area (Å²) >= 11 is 0. The van der Waals surface area contributed by atoms with E-state index in [0.717, 1.165) is 19.4 Å². The summed E-state index contributed by atoms with van der Waals surface area (Å²) in [6.45, 7) is 1.07. The van der Waals surface area contributed by atoms with Crippen molar-refractivity contribution in [1.82, 2.24) is 4.90 Å². The number of carbonyl (C=O) groups excluding carboxylic acids is 1. The maximum atomic E-state index is 12.4. The number of piperidine rings is 2. The molecule has 1 aliphatic carbocycles. The fourth-order valence-electron chi connectivity index (χ4n) is 4.46. The molecule has 1 aromatic carbocycles. The fourth-order valence-corrected chi connectivity index (χ4v) is 4.46. The highest BCUT2D eigenvalue weighted by molar-refractivity contribution is 5.85. The van der Waals surface area contributed by atoms with Crippen molar-refractivity contribution in [1.29, 1.82) is 0 Å². The number of Topliss-reactive ketones (excluding diaryl/α,β-unsaturated/α-hetero) is 1. The van der Waals surface area contributed by atoms with Crippen LogP contribution in [0.3, 0.4) is 0 Å². The van der Waals surface area contributed by atoms with Gasteiger partial charge in [0.25, 0.3) is 0 Å². The maximum absolute atomic E-state index is 12.4. The summed E-state index contributed by atoms with van der Waals surface area (Å²) in [5.74, 6) is 1.42. The number of carbonyl (C=O) groups is 1. The van der Waals surface area contributed by atoms with Gasteiger partial charge in [-0.3, -0.25) is 9.69 Å². The Morgan fingerprint density at radius 3 is 2.24 bits per heavy atom. The van der Waals surface area contributed by atoms with Gasteiger partial charge in [0.1, 0.15) is 5.78 Å². The molecule has 1 saturated carbocycles. The van der Waals surface area contributed by atoms with Crippen LogP contribution in [-0.4, -0.2) is 22.8 Å². The van der Waals surface area contributed by atoms with Crippen molar-refractivity contribution >= 4 is 5.78 Å². The topological polar surface area (TPSA) is 20.3 Å². The molecule has 2 aliphatic heterocycles. The smallest absolute Gasteiger partial charge is 0.139 e. The summed E-state index contributed by atoms with van der Waals surface area (Å²) in [6, 6.07) is 12.1. The molecule has 2 heteroatoms. The van der Waals surface area contributed by atoms with Crippen LogP contribution in [0.15, 0.2) is 30.3 Å². The summed E-state index contributed by atoms with van der Waals surface area (Å²) in [7, 11) is 0. The van der Waals surface area contributed by atoms with E-state index in [9.17, 15) is 4.79 Å². The highest BCUT2D eigenvalue weighted by Crippen LogP contribution is 2.42. The zero-order chi connectivity index (χ0) is 14.2. The molecule has 2 atom stereocenters. The molecule has 2 saturated heterocycles. The lowest BCUT2D eigenvalue weighted by Gasteiger charge is -2.48. The quantitative estimate of drug-likeness (QED) is 0.837. The van der Waals surface area contributed by atoms with Crippen LogP contribution in [0.1, 0.15) is 50.5 Å². The van der Waals surface area contributed by atoms with Gasteiger partial charge in [0.15, 0.2) is 0 Å². The highest BCUT2D eigenvalue weighted by atomic mass is 16.1. The Hall–Kier alpha value is -1.15. The van der Waals surface area contributed by atoms with Gasteiger partial charge in [-0.15, -0.1) is 0 Å². The summed E-state index contributed by atoms with van der Waals surface area (Å²) in [6.07, 6.45) is 8.51. The monoisotopic (exact) mass is 283 g/mol. The van der Waals surface area contributed by atoms with Crippen molar-refractivity contribution < 1.29 is 4.79 Å². The summed E-state index contributed by atoms with van der Waals surface area (Å²) < 4.78 is 0. The van der Waals surface area contributed by atoms with Crippen LogP contribution in [0, 0.1) is 11.8 Å². The summed E-state index contributed by atoms with van der Waals surface area (Å²) in [5, 5.41) is 0. The number of hydrogen-bond donors (Lipinski definition) is 0. The average Bonchev–Trinajstić information content (AvgIpc) is 3.32. The molecule has 3 fully saturated rings. The molecule has 21 heavy (non-hydrogen) atoms. The number of fused-ring (bicyclic) bond motifs is 2. The molecular formula is C19H25NO. The molecule has 3 aliphatic rings. The third kappa shape index (κ3) is 2.78. The lowest BCUT2D eigenvalue weighted by Crippen LogP contribution is -2.52. The van der Waals surface area contributed by atoms with Gasteiger partial charge >= 0.3 is 0 Å². The van der Waals surface area contributed by atoms with Gasteiger partial charge in [-0.05, 0) is 44.1 Å². The van der Waals surface area contributed by atoms with E-state index in [1.54, 1.807) is 0 Å². The van der Waals surface area contributed by atoms with Crippen LogP contribution in [-0.2, 0) is 11.3 Å². The van der Waals surface area contributed by atoms with Crippen LogP contribution in [0.25, 0.3) is 0 Å². The second-order valence-corrected chi connectivity index (χ2v) is 7.24. The van der Waals surface area contributed by atoms with Crippen LogP contribution >= 0.6 is 0 Å². The van der Waals surface area contributed by atoms with Crippen molar-refractivity contribution in [3.05, 3.63) is 35.9 Å². The standard InChI is InChI=1S/C19H25NO/c21-19(15-9-10-15)16-11-17-7-4-8-18(12-16)20(17)13-14-5-2-1-3-6-14/h1-3,5-6,15-18H,4,7-13H2. The molecule has 0 aromatic heterocycles. The van der Waals surface area contributed by atoms with Crippen molar-refractivity contribution in [2.45, 2.75) is 63.6 Å². The minimum Gasteiger partial charge on any atom is -0.299 e. The molecule has 0 radical (unpaired) electrons. The molecule has 0 N–H and O–H groups in total. The van der Waals surface area contributed by atoms with Gasteiger partial charge < -0.3 is 0 Å². The molecule has 0 spiro atoms. The van der Waals surface area contributed by atoms with E-state index in [-0.39, 0.29) is 0 Å². The van der Waals surface area contributed by atoms with Crippen LogP contribution in [0.5, 0.6) is 0 Å². The highest BCUT2D eigenvalue weighted by Gasteiger charge is 2.43. The van der Waals surface area contributed by atoms with Gasteiger partial charge in [-0.25, -0.2) is 0 Å². The molecule has 4 rings (SSSR count). The number of hydrogen-bond acceptors (Lipinski definition) is 2. The molecule has 2 bridgehead atoms. The molecular weight excluding hydrogens is 258 g/mol. The maximum Gasteiger partial charge on any atom is 0.139 e. The number of rotatable bonds is 4. The predicted molar refractivity (Wildman–Crippen MR) is 83.9 cm³/mol. The van der Waals surface area contributed by atoms with Crippen molar-refractivity contribution in [2.24, 2.45) is 11.8 Å². The Labute approximate surface area is 127 Å². The van der Waals surface area contributed by atoms with E-state index in [2.05, 4.69) is 35.2 Å². The largest absolute Gasteiger partial charge is 0.299 e. The predicted octanol–water partition coefficient (Wildman–Crippen LogP) is 3.80. The third-order valence-corrected chi connectivity index (χ3v) is 5.72. The Morgan fingerprint density at radius 2 is 1.62 bits per heavy atom. The molecule has 2 unspecified atom stereocenters. The van der Waals surface area contributed by atoms with Crippen molar-refractivity contribution in [3.63, 3.8) is 0 Å². The third-order valence-electron chi connectivity index (χ3n) is 5.72. The minimum absolute atomic E-state index is 0.375. The first kappa shape index (κ1) is 13.5. The second kappa shape index (κ2) is 5.57. The normalized spacial score (nSPS) is 32.9. The van der Waals surface area contributed by atoms with Crippen LogP contribution in [0.4, 0.5) is 0 Å². The lowest BCUT2D eigenvalue weighted by molar-refractivity contribution is -0.128. The van der Waals surface area contributed by atoms with Crippen LogP contribution < -0.4 is 0 Å². The number of nitrogens with zero attached hydrogens (tertiary/aromatic N) is 1. The van der Waals surface area contributed by atoms with E-state index in [0.29, 0.717) is 29.7 Å². The average molecular weight is 283 g/mol. The zero-order valence-electron chi connectivity index (χ0n) is 12.7. The second-order valence-electron chi connectivity index (χ2n) is 7.24. The van der Waals surface area contributed by atoms with E-state index in [1.165, 1.54) is 37.7 Å². The molecule has 2 nitrogen and oxygen atoms in total. The van der Waals surface area contributed by atoms with E-state index in [4.69, 9.17) is 0 Å². The zero-order valence-corrected chi connectivity index (χ0v) is 12.7. The van der Waals surface area contributed by atoms with E-state index >= 15 is 0 Å². The lowest BCUT2D eigenvalue weighted by atomic mass is 9.75. The molecule has 0 amide bonds. The SMILES string of the molecule is O=C(C1CC1)C1CC2CCCC(C1)N2Cc1ccccc1. The van der Waals surface area contributed by atoms with E-state index in [1.807, 2.05) is 0 Å². The van der Waals surface area contributed by atoms with Gasteiger partial charge in [-0.2, -0.15) is 0 Å². The van der Waals surface area contributed by atoms with Crippen molar-refractivity contribution in [2.75, 3.05) is 0 Å². The Morgan fingerprint density at radius 1 is 0.952 bits per heavy atom. The van der Waals surface area contributed by atoms with Gasteiger partial charge in [-0.1, -0.05) is 36.8 Å². The number of ketones is 1. The molecule has 2 heterocycles. The number of benzene rings is 1. The van der Waals surface area contributed by atoms with E-state index < -0.39 is 0 Å². The van der Waals surface area contributed by atoms with Gasteiger partial charge in [0, 0.05) is 30.5 Å². The molecule has 112 valence electrons. The van der Waals surface area contributed by atoms with Gasteiger partial charge in [0.05, 0.1) is 0 Å². The molecule has 1 aromatic rings. The van der Waals surface area contributed by atoms with Crippen molar-refractivity contribution in [3.8, 4) is 0 Å². The Kier molecular flexibility index (Phi) is 3.58. The summed E-state index contributed by atoms with van der Waals surface area (Å²) in [4.78, 5) is 15.1. The minimum atomic E-state index is 0.375. The first-order valence-corrected chi connectivity index (χ1v) is 8.64. The Bertz CT molecular complexity index is 494. The first-order chi connectivity index (χ1) is 10.3.